The molecule has 3 nitrogen and oxygen atoms in total. The van der Waals surface area contributed by atoms with Crippen molar-refractivity contribution < 1.29 is 5.11 Å². The molecule has 4 heteroatoms. The van der Waals surface area contributed by atoms with E-state index in [0.29, 0.717) is 20.2 Å². The molecule has 0 radical (unpaired) electrons. The van der Waals surface area contributed by atoms with Crippen LogP contribution in [0.15, 0.2) is 66.0 Å². The lowest BCUT2D eigenvalue weighted by Gasteiger charge is -2.32. The first kappa shape index (κ1) is 22.3. The van der Waals surface area contributed by atoms with Gasteiger partial charge >= 0.3 is 0 Å². The maximum absolute atomic E-state index is 11.2. The Labute approximate surface area is 182 Å². The van der Waals surface area contributed by atoms with E-state index in [9.17, 15) is 5.11 Å². The normalized spacial score (nSPS) is 15.1. The highest BCUT2D eigenvalue weighted by atomic mass is 31.1. The molecule has 0 aliphatic rings. The fraction of sp³-hybridized carbons (Fsp3) is 0.346. The summed E-state index contributed by atoms with van der Waals surface area (Å²) in [5.41, 5.74) is 4.47. The van der Waals surface area contributed by atoms with Crippen molar-refractivity contribution in [3.8, 4) is 5.75 Å². The van der Waals surface area contributed by atoms with E-state index in [0.717, 1.165) is 29.5 Å². The summed E-state index contributed by atoms with van der Waals surface area (Å²) in [4.78, 5) is 0. The molecule has 0 saturated heterocycles. The van der Waals surface area contributed by atoms with E-state index in [1.54, 1.807) is 0 Å². The molecule has 0 saturated carbocycles. The molecule has 3 rings (SSSR count). The first-order valence-electron chi connectivity index (χ1n) is 10.8. The molecular formula is C26H33N2OP. The molecule has 3 aromatic rings. The third-order valence-electron chi connectivity index (χ3n) is 6.02. The second-order valence-corrected chi connectivity index (χ2v) is 10.2. The molecule has 0 amide bonds. The molecule has 158 valence electrons. The summed E-state index contributed by atoms with van der Waals surface area (Å²) in [6, 6.07) is 16.7. The predicted octanol–water partition coefficient (Wildman–Crippen LogP) is 6.53. The van der Waals surface area contributed by atoms with Crippen LogP contribution >= 0.6 is 8.58 Å². The van der Waals surface area contributed by atoms with Crippen molar-refractivity contribution in [3.05, 3.63) is 83.2 Å². The van der Waals surface area contributed by atoms with Gasteiger partial charge in [-0.15, -0.1) is 0 Å². The van der Waals surface area contributed by atoms with Crippen molar-refractivity contribution in [3.63, 3.8) is 0 Å². The van der Waals surface area contributed by atoms with Crippen molar-refractivity contribution in [2.75, 3.05) is 0 Å². The smallest absolute Gasteiger partial charge is 0.123 e. The van der Waals surface area contributed by atoms with Crippen molar-refractivity contribution in [1.82, 2.24) is 4.68 Å². The number of nitrogens with zero attached hydrogens (tertiary/aromatic N) is 2. The van der Waals surface area contributed by atoms with Gasteiger partial charge in [-0.3, -0.25) is 0 Å². The molecular weight excluding hydrogens is 387 g/mol. The third-order valence-corrected chi connectivity index (χ3v) is 7.92. The summed E-state index contributed by atoms with van der Waals surface area (Å²) < 4.78 is 1.81. The number of aromatic hydroxyl groups is 1. The second-order valence-electron chi connectivity index (χ2n) is 8.27. The maximum Gasteiger partial charge on any atom is 0.123 e. The Bertz CT molecular complexity index is 1010. The van der Waals surface area contributed by atoms with Crippen molar-refractivity contribution in [2.24, 2.45) is 5.10 Å². The molecule has 0 aliphatic heterocycles. The molecule has 1 heterocycles. The highest BCUT2D eigenvalue weighted by molar-refractivity contribution is 7.48. The lowest BCUT2D eigenvalue weighted by molar-refractivity contribution is 0.444. The Hall–Kier alpha value is -2.38. The standard InChI is InChI=1S/C26H33N2OP/c1-6-20(4)22-16-19(3)17-23(25(22)29)26(5,7-2)30-24-13-9-8-12-21(24)18-27-28-14-10-11-15-28/h8-18,20,29-30H,6-7H2,1-5H3/b27-18+. The Morgan fingerprint density at radius 1 is 1.13 bits per heavy atom. The summed E-state index contributed by atoms with van der Waals surface area (Å²) in [6.07, 6.45) is 7.75. The number of hydrogen-bond donors (Lipinski definition) is 1. The number of benzene rings is 2. The number of aromatic nitrogens is 1. The van der Waals surface area contributed by atoms with Gasteiger partial charge in [-0.2, -0.15) is 5.10 Å². The number of phenols is 1. The summed E-state index contributed by atoms with van der Waals surface area (Å²) in [5.74, 6) is 0.819. The Kier molecular flexibility index (Phi) is 7.15. The average Bonchev–Trinajstić information content (AvgIpc) is 3.27. The molecule has 3 atom stereocenters. The molecule has 1 N–H and O–H groups in total. The lowest BCUT2D eigenvalue weighted by Crippen LogP contribution is -2.21. The van der Waals surface area contributed by atoms with E-state index in [2.05, 4.69) is 76.1 Å². The average molecular weight is 421 g/mol. The zero-order valence-electron chi connectivity index (χ0n) is 18.7. The maximum atomic E-state index is 11.2. The highest BCUT2D eigenvalue weighted by Gasteiger charge is 2.30. The molecule has 0 aliphatic carbocycles. The molecule has 0 spiro atoms. The van der Waals surface area contributed by atoms with Gasteiger partial charge in [0.1, 0.15) is 5.75 Å². The van der Waals surface area contributed by atoms with Gasteiger partial charge in [0.2, 0.25) is 0 Å². The Balaban J connectivity index is 2.00. The van der Waals surface area contributed by atoms with E-state index in [1.165, 1.54) is 10.9 Å². The van der Waals surface area contributed by atoms with E-state index < -0.39 is 0 Å². The first-order chi connectivity index (χ1) is 14.4. The number of hydrogen-bond acceptors (Lipinski definition) is 2. The summed E-state index contributed by atoms with van der Waals surface area (Å²) in [6.45, 7) is 11.0. The topological polar surface area (TPSA) is 37.5 Å². The van der Waals surface area contributed by atoms with Crippen LogP contribution in [0.5, 0.6) is 5.75 Å². The van der Waals surface area contributed by atoms with E-state index in [1.807, 2.05) is 35.4 Å². The van der Waals surface area contributed by atoms with Gasteiger partial charge in [0.15, 0.2) is 0 Å². The van der Waals surface area contributed by atoms with E-state index in [-0.39, 0.29) is 5.16 Å². The van der Waals surface area contributed by atoms with Gasteiger partial charge in [0.05, 0.1) is 6.21 Å². The summed E-state index contributed by atoms with van der Waals surface area (Å²) in [7, 11) is 0.523. The molecule has 0 bridgehead atoms. The van der Waals surface area contributed by atoms with Crippen LogP contribution in [-0.4, -0.2) is 16.0 Å². The summed E-state index contributed by atoms with van der Waals surface area (Å²) >= 11 is 0. The zero-order valence-corrected chi connectivity index (χ0v) is 19.7. The van der Waals surface area contributed by atoms with E-state index >= 15 is 0 Å². The SMILES string of the molecule is CCC(C)c1cc(C)cc(C(C)(CC)Pc2ccccc2/C=N/n2cccc2)c1O. The molecule has 0 fully saturated rings. The van der Waals surface area contributed by atoms with Crippen LogP contribution in [0.4, 0.5) is 0 Å². The van der Waals surface area contributed by atoms with Gasteiger partial charge in [-0.25, -0.2) is 4.68 Å². The van der Waals surface area contributed by atoms with Crippen LogP contribution < -0.4 is 5.30 Å². The van der Waals surface area contributed by atoms with Crippen LogP contribution in [-0.2, 0) is 5.16 Å². The fourth-order valence-electron chi connectivity index (χ4n) is 3.72. The first-order valence-corrected chi connectivity index (χ1v) is 11.8. The molecule has 1 aromatic heterocycles. The molecule has 3 unspecified atom stereocenters. The van der Waals surface area contributed by atoms with Crippen LogP contribution in [0.2, 0.25) is 0 Å². The van der Waals surface area contributed by atoms with E-state index in [4.69, 9.17) is 0 Å². The Morgan fingerprint density at radius 3 is 2.50 bits per heavy atom. The largest absolute Gasteiger partial charge is 0.507 e. The zero-order chi connectivity index (χ0) is 21.7. The number of phenolic OH excluding ortho intramolecular Hbond substituents is 1. The van der Waals surface area contributed by atoms with Gasteiger partial charge in [-0.05, 0) is 48.7 Å². The van der Waals surface area contributed by atoms with Crippen LogP contribution in [0.1, 0.15) is 68.7 Å². The highest BCUT2D eigenvalue weighted by Crippen LogP contribution is 2.49. The monoisotopic (exact) mass is 420 g/mol. The third kappa shape index (κ3) is 4.84. The molecule has 30 heavy (non-hydrogen) atoms. The lowest BCUT2D eigenvalue weighted by atomic mass is 9.88. The predicted molar refractivity (Wildman–Crippen MR) is 131 cm³/mol. The minimum absolute atomic E-state index is 0.143. The number of rotatable bonds is 8. The quantitative estimate of drug-likeness (QED) is 0.327. The van der Waals surface area contributed by atoms with Crippen molar-refractivity contribution >= 4 is 20.1 Å². The van der Waals surface area contributed by atoms with Crippen LogP contribution in [0.3, 0.4) is 0 Å². The Morgan fingerprint density at radius 2 is 1.83 bits per heavy atom. The molecule has 2 aromatic carbocycles. The van der Waals surface area contributed by atoms with Crippen LogP contribution in [0.25, 0.3) is 0 Å². The minimum atomic E-state index is -0.143. The van der Waals surface area contributed by atoms with Crippen LogP contribution in [0, 0.1) is 6.92 Å². The summed E-state index contributed by atoms with van der Waals surface area (Å²) in [5, 5.41) is 16.9. The minimum Gasteiger partial charge on any atom is -0.507 e. The van der Waals surface area contributed by atoms with Gasteiger partial charge in [0, 0.05) is 28.7 Å². The van der Waals surface area contributed by atoms with Gasteiger partial charge in [-0.1, -0.05) is 78.2 Å². The fourth-order valence-corrected chi connectivity index (χ4v) is 5.29. The number of aryl methyl sites for hydroxylation is 1. The van der Waals surface area contributed by atoms with Crippen molar-refractivity contribution in [1.29, 1.82) is 0 Å². The van der Waals surface area contributed by atoms with Gasteiger partial charge in [0.25, 0.3) is 0 Å². The van der Waals surface area contributed by atoms with Crippen molar-refractivity contribution in [2.45, 2.75) is 58.5 Å². The second kappa shape index (κ2) is 9.62. The van der Waals surface area contributed by atoms with Gasteiger partial charge < -0.3 is 5.11 Å².